The first kappa shape index (κ1) is 19.2. The number of hydrogen-bond acceptors (Lipinski definition) is 3. The summed E-state index contributed by atoms with van der Waals surface area (Å²) in [5, 5.41) is 1.65. The van der Waals surface area contributed by atoms with E-state index in [0.29, 0.717) is 21.5 Å². The van der Waals surface area contributed by atoms with Crippen molar-refractivity contribution in [2.75, 3.05) is 0 Å². The van der Waals surface area contributed by atoms with Crippen LogP contribution in [0.15, 0.2) is 69.6 Å². The van der Waals surface area contributed by atoms with Gasteiger partial charge in [-0.1, -0.05) is 36.4 Å². The van der Waals surface area contributed by atoms with Crippen molar-refractivity contribution >= 4 is 21.6 Å². The lowest BCUT2D eigenvalue weighted by molar-refractivity contribution is -0.138. The van der Waals surface area contributed by atoms with Crippen molar-refractivity contribution in [3.05, 3.63) is 97.5 Å². The highest BCUT2D eigenvalue weighted by Crippen LogP contribution is 2.32. The van der Waals surface area contributed by atoms with Gasteiger partial charge < -0.3 is 0 Å². The molecule has 0 aliphatic carbocycles. The van der Waals surface area contributed by atoms with Crippen LogP contribution >= 0.6 is 11.3 Å². The van der Waals surface area contributed by atoms with Crippen molar-refractivity contribution in [3.63, 3.8) is 0 Å². The maximum Gasteiger partial charge on any atom is 0.416 e. The molecule has 0 radical (unpaired) electrons. The third-order valence-corrected chi connectivity index (χ3v) is 5.65. The normalized spacial score (nSPS) is 11.9. The van der Waals surface area contributed by atoms with E-state index in [0.717, 1.165) is 22.0 Å². The van der Waals surface area contributed by atoms with Crippen LogP contribution in [-0.4, -0.2) is 9.13 Å². The monoisotopic (exact) mass is 416 g/mol. The first-order valence-electron chi connectivity index (χ1n) is 8.73. The number of aryl methyl sites for hydroxylation is 1. The number of para-hydroxylation sites is 1. The van der Waals surface area contributed by atoms with Gasteiger partial charge in [0.2, 0.25) is 0 Å². The molecule has 0 saturated heterocycles. The average Bonchev–Trinajstić information content (AvgIpc) is 3.16. The Labute approximate surface area is 167 Å². The zero-order chi connectivity index (χ0) is 20.8. The Morgan fingerprint density at radius 2 is 1.66 bits per heavy atom. The molecular weight excluding hydrogens is 401 g/mol. The molecule has 2 heterocycles. The molecule has 0 atom stereocenters. The Kier molecular flexibility index (Phi) is 4.66. The number of thiophene rings is 1. The lowest BCUT2D eigenvalue weighted by Crippen LogP contribution is -2.39. The van der Waals surface area contributed by atoms with E-state index >= 15 is 0 Å². The van der Waals surface area contributed by atoms with Gasteiger partial charge in [-0.25, -0.2) is 9.36 Å². The summed E-state index contributed by atoms with van der Waals surface area (Å²) in [5.41, 5.74) is -0.539. The first-order chi connectivity index (χ1) is 13.8. The summed E-state index contributed by atoms with van der Waals surface area (Å²) in [7, 11) is 0. The van der Waals surface area contributed by atoms with Crippen molar-refractivity contribution in [1.29, 1.82) is 0 Å². The number of benzene rings is 2. The smallest absolute Gasteiger partial charge is 0.288 e. The van der Waals surface area contributed by atoms with Crippen LogP contribution in [0.25, 0.3) is 15.9 Å². The largest absolute Gasteiger partial charge is 0.416 e. The summed E-state index contributed by atoms with van der Waals surface area (Å²) in [5.74, 6) is 0. The van der Waals surface area contributed by atoms with Crippen LogP contribution in [0.3, 0.4) is 0 Å². The van der Waals surface area contributed by atoms with Crippen LogP contribution in [0.4, 0.5) is 13.2 Å². The molecular formula is C21H15F3N2O2S. The van der Waals surface area contributed by atoms with E-state index in [-0.39, 0.29) is 12.1 Å². The third-order valence-electron chi connectivity index (χ3n) is 4.76. The van der Waals surface area contributed by atoms with Gasteiger partial charge in [-0.3, -0.25) is 9.36 Å². The molecule has 0 spiro atoms. The summed E-state index contributed by atoms with van der Waals surface area (Å²) in [6.07, 6.45) is -4.54. The third kappa shape index (κ3) is 3.29. The maximum atomic E-state index is 13.4. The second-order valence-electron chi connectivity index (χ2n) is 6.59. The molecule has 2 aromatic heterocycles. The fourth-order valence-corrected chi connectivity index (χ4v) is 4.20. The van der Waals surface area contributed by atoms with Crippen LogP contribution < -0.4 is 11.2 Å². The second kappa shape index (κ2) is 7.04. The predicted molar refractivity (Wildman–Crippen MR) is 107 cm³/mol. The Morgan fingerprint density at radius 3 is 2.38 bits per heavy atom. The average molecular weight is 416 g/mol. The molecule has 0 aliphatic heterocycles. The highest BCUT2D eigenvalue weighted by Gasteiger charge is 2.33. The number of alkyl halides is 3. The van der Waals surface area contributed by atoms with E-state index in [1.807, 2.05) is 0 Å². The van der Waals surface area contributed by atoms with E-state index in [9.17, 15) is 22.8 Å². The summed E-state index contributed by atoms with van der Waals surface area (Å²) >= 11 is 1.16. The molecule has 0 fully saturated rings. The quantitative estimate of drug-likeness (QED) is 0.490. The van der Waals surface area contributed by atoms with Gasteiger partial charge in [0.05, 0.1) is 23.3 Å². The van der Waals surface area contributed by atoms with Gasteiger partial charge in [-0.2, -0.15) is 13.2 Å². The molecule has 0 aliphatic rings. The highest BCUT2D eigenvalue weighted by molar-refractivity contribution is 7.17. The minimum atomic E-state index is -4.54. The highest BCUT2D eigenvalue weighted by atomic mass is 32.1. The number of hydrogen-bond donors (Lipinski definition) is 0. The Morgan fingerprint density at radius 1 is 0.966 bits per heavy atom. The van der Waals surface area contributed by atoms with Gasteiger partial charge >= 0.3 is 11.9 Å². The minimum absolute atomic E-state index is 0.0374. The lowest BCUT2D eigenvalue weighted by atomic mass is 10.1. The molecule has 4 aromatic rings. The fraction of sp³-hybridized carbons (Fsp3) is 0.143. The van der Waals surface area contributed by atoms with Crippen LogP contribution in [0, 0.1) is 6.92 Å². The second-order valence-corrected chi connectivity index (χ2v) is 7.50. The number of nitrogens with zero attached hydrogens (tertiary/aromatic N) is 2. The molecule has 0 unspecified atom stereocenters. The van der Waals surface area contributed by atoms with Crippen molar-refractivity contribution in [3.8, 4) is 5.69 Å². The standard InChI is InChI=1S/C21H15F3N2O2S/c1-13-6-2-5-9-16(13)26-19(27)18-17(10-11-29-18)25(20(26)28)12-14-7-3-4-8-15(14)21(22,23)24/h2-11H,12H2,1H3. The zero-order valence-corrected chi connectivity index (χ0v) is 16.1. The molecule has 148 valence electrons. The van der Waals surface area contributed by atoms with Crippen molar-refractivity contribution < 1.29 is 13.2 Å². The fourth-order valence-electron chi connectivity index (χ4n) is 3.37. The molecule has 0 bridgehead atoms. The molecule has 8 heteroatoms. The minimum Gasteiger partial charge on any atom is -0.288 e. The van der Waals surface area contributed by atoms with E-state index in [1.54, 1.807) is 42.6 Å². The van der Waals surface area contributed by atoms with Crippen molar-refractivity contribution in [2.45, 2.75) is 19.6 Å². The van der Waals surface area contributed by atoms with Gasteiger partial charge in [0.1, 0.15) is 4.70 Å². The maximum absolute atomic E-state index is 13.4. The van der Waals surface area contributed by atoms with Crippen LogP contribution in [0.5, 0.6) is 0 Å². The topological polar surface area (TPSA) is 44.0 Å². The Balaban J connectivity index is 2.01. The number of halogens is 3. The zero-order valence-electron chi connectivity index (χ0n) is 15.2. The summed E-state index contributed by atoms with van der Waals surface area (Å²) in [6, 6.07) is 13.6. The number of aromatic nitrogens is 2. The van der Waals surface area contributed by atoms with Gasteiger partial charge in [-0.05, 0) is 41.6 Å². The molecule has 4 rings (SSSR count). The van der Waals surface area contributed by atoms with Gasteiger partial charge in [0, 0.05) is 0 Å². The number of fused-ring (bicyclic) bond motifs is 1. The predicted octanol–water partition coefficient (Wildman–Crippen LogP) is 4.59. The van der Waals surface area contributed by atoms with Crippen LogP contribution in [0.2, 0.25) is 0 Å². The van der Waals surface area contributed by atoms with Crippen molar-refractivity contribution in [1.82, 2.24) is 9.13 Å². The molecule has 0 amide bonds. The Hall–Kier alpha value is -3.13. The molecule has 2 aromatic carbocycles. The first-order valence-corrected chi connectivity index (χ1v) is 9.61. The van der Waals surface area contributed by atoms with E-state index < -0.39 is 23.0 Å². The molecule has 0 N–H and O–H groups in total. The van der Waals surface area contributed by atoms with Gasteiger partial charge in [0.25, 0.3) is 5.56 Å². The van der Waals surface area contributed by atoms with E-state index in [2.05, 4.69) is 0 Å². The lowest BCUT2D eigenvalue weighted by Gasteiger charge is -2.16. The SMILES string of the molecule is Cc1ccccc1-n1c(=O)c2sccc2n(Cc2ccccc2C(F)(F)F)c1=O. The summed E-state index contributed by atoms with van der Waals surface area (Å²) in [4.78, 5) is 26.2. The summed E-state index contributed by atoms with van der Waals surface area (Å²) in [6.45, 7) is 1.47. The van der Waals surface area contributed by atoms with Crippen molar-refractivity contribution in [2.24, 2.45) is 0 Å². The van der Waals surface area contributed by atoms with Crippen LogP contribution in [0.1, 0.15) is 16.7 Å². The van der Waals surface area contributed by atoms with Crippen LogP contribution in [-0.2, 0) is 12.7 Å². The molecule has 29 heavy (non-hydrogen) atoms. The Bertz CT molecular complexity index is 1330. The summed E-state index contributed by atoms with van der Waals surface area (Å²) < 4.78 is 42.9. The van der Waals surface area contributed by atoms with Gasteiger partial charge in [-0.15, -0.1) is 11.3 Å². The molecule has 4 nitrogen and oxygen atoms in total. The van der Waals surface area contributed by atoms with E-state index in [1.165, 1.54) is 22.8 Å². The molecule has 0 saturated carbocycles. The van der Waals surface area contributed by atoms with Gasteiger partial charge in [0.15, 0.2) is 0 Å². The number of rotatable bonds is 3. The van der Waals surface area contributed by atoms with E-state index in [4.69, 9.17) is 0 Å².